The summed E-state index contributed by atoms with van der Waals surface area (Å²) in [4.78, 5) is 68.1. The molecule has 0 radical (unpaired) electrons. The first-order valence-electron chi connectivity index (χ1n) is 13.6. The van der Waals surface area contributed by atoms with Crippen LogP contribution in [0, 0.1) is 5.92 Å². The van der Waals surface area contributed by atoms with Crippen molar-refractivity contribution in [2.75, 3.05) is 9.80 Å². The van der Waals surface area contributed by atoms with Gasteiger partial charge in [0.05, 0.1) is 23.5 Å². The van der Waals surface area contributed by atoms with E-state index in [4.69, 9.17) is 5.73 Å². The van der Waals surface area contributed by atoms with Crippen LogP contribution >= 0.6 is 0 Å². The Bertz CT molecular complexity index is 1300. The molecule has 0 aromatic heterocycles. The third-order valence-corrected chi connectivity index (χ3v) is 7.06. The molecular weight excluding hydrogens is 510 g/mol. The first-order chi connectivity index (χ1) is 18.9. The molecule has 10 heteroatoms. The summed E-state index contributed by atoms with van der Waals surface area (Å²) in [5.41, 5.74) is 7.18. The maximum Gasteiger partial charge on any atom is 0.250 e. The average Bonchev–Trinajstić information content (AvgIpc) is 3.22. The summed E-state index contributed by atoms with van der Waals surface area (Å²) >= 11 is 0. The number of rotatable bonds is 9. The molecule has 2 heterocycles. The van der Waals surface area contributed by atoms with E-state index in [0.717, 1.165) is 16.0 Å². The van der Waals surface area contributed by atoms with Gasteiger partial charge in [0, 0.05) is 19.3 Å². The van der Waals surface area contributed by atoms with E-state index in [0.29, 0.717) is 17.8 Å². The van der Waals surface area contributed by atoms with Crippen molar-refractivity contribution in [3.63, 3.8) is 0 Å². The van der Waals surface area contributed by atoms with Crippen LogP contribution in [0.5, 0.6) is 0 Å². The molecule has 2 aliphatic rings. The van der Waals surface area contributed by atoms with Gasteiger partial charge in [-0.3, -0.25) is 24.0 Å². The van der Waals surface area contributed by atoms with Gasteiger partial charge in [-0.15, -0.1) is 0 Å². The number of nitrogens with two attached hydrogens (primary N) is 1. The molecule has 212 valence electrons. The summed E-state index contributed by atoms with van der Waals surface area (Å²) in [6.07, 6.45) is 0.773. The number of benzene rings is 2. The van der Waals surface area contributed by atoms with Crippen molar-refractivity contribution >= 4 is 40.9 Å². The summed E-state index contributed by atoms with van der Waals surface area (Å²) in [6, 6.07) is 12.8. The molecular formula is C30H37N5O5. The van der Waals surface area contributed by atoms with Gasteiger partial charge in [0.25, 0.3) is 0 Å². The second-order valence-corrected chi connectivity index (χ2v) is 11.5. The zero-order valence-electron chi connectivity index (χ0n) is 23.4. The van der Waals surface area contributed by atoms with Crippen LogP contribution in [0.3, 0.4) is 0 Å². The SMILES string of the molecule is CC(C)C[C@@H](NC(=O)C(C)(C)N)C(=O)NC1Cc2cccc(N3C(=O)CCC3=O)c2N(Cc2ccccc2)C1=O. The van der Waals surface area contributed by atoms with Crippen LogP contribution in [0.1, 0.15) is 58.1 Å². The van der Waals surface area contributed by atoms with Crippen LogP contribution in [-0.4, -0.2) is 47.2 Å². The van der Waals surface area contributed by atoms with Gasteiger partial charge in [0.1, 0.15) is 12.1 Å². The predicted molar refractivity (Wildman–Crippen MR) is 151 cm³/mol. The zero-order chi connectivity index (χ0) is 29.2. The number of para-hydroxylation sites is 1. The Kier molecular flexibility index (Phi) is 8.39. The monoisotopic (exact) mass is 547 g/mol. The summed E-state index contributed by atoms with van der Waals surface area (Å²) in [7, 11) is 0. The van der Waals surface area contributed by atoms with Gasteiger partial charge in [-0.2, -0.15) is 0 Å². The highest BCUT2D eigenvalue weighted by Gasteiger charge is 2.40. The Hall–Kier alpha value is -4.05. The molecule has 0 bridgehead atoms. The van der Waals surface area contributed by atoms with Crippen LogP contribution in [0.25, 0.3) is 0 Å². The van der Waals surface area contributed by atoms with Gasteiger partial charge < -0.3 is 21.3 Å². The van der Waals surface area contributed by atoms with Gasteiger partial charge in [0.15, 0.2) is 0 Å². The number of carbonyl (C=O) groups excluding carboxylic acids is 5. The van der Waals surface area contributed by atoms with Gasteiger partial charge in [0.2, 0.25) is 29.5 Å². The number of hydrogen-bond acceptors (Lipinski definition) is 6. The Morgan fingerprint density at radius 2 is 1.65 bits per heavy atom. The van der Waals surface area contributed by atoms with Crippen molar-refractivity contribution in [1.82, 2.24) is 10.6 Å². The summed E-state index contributed by atoms with van der Waals surface area (Å²) in [5.74, 6) is -1.85. The van der Waals surface area contributed by atoms with E-state index in [1.165, 1.54) is 4.90 Å². The molecule has 2 atom stereocenters. The van der Waals surface area contributed by atoms with Crippen molar-refractivity contribution in [3.8, 4) is 0 Å². The molecule has 2 aromatic carbocycles. The molecule has 40 heavy (non-hydrogen) atoms. The highest BCUT2D eigenvalue weighted by Crippen LogP contribution is 2.40. The van der Waals surface area contributed by atoms with Gasteiger partial charge >= 0.3 is 0 Å². The summed E-state index contributed by atoms with van der Waals surface area (Å²) in [5, 5.41) is 5.60. The van der Waals surface area contributed by atoms with Crippen molar-refractivity contribution in [3.05, 3.63) is 59.7 Å². The quantitative estimate of drug-likeness (QED) is 0.411. The average molecular weight is 548 g/mol. The number of imide groups is 1. The fraction of sp³-hybridized carbons (Fsp3) is 0.433. The molecule has 0 saturated carbocycles. The van der Waals surface area contributed by atoms with Gasteiger partial charge in [-0.1, -0.05) is 56.3 Å². The second-order valence-electron chi connectivity index (χ2n) is 11.5. The Morgan fingerprint density at radius 1 is 1.00 bits per heavy atom. The predicted octanol–water partition coefficient (Wildman–Crippen LogP) is 2.18. The molecule has 2 aliphatic heterocycles. The number of fused-ring (bicyclic) bond motifs is 1. The van der Waals surface area contributed by atoms with Crippen LogP contribution in [0.4, 0.5) is 11.4 Å². The van der Waals surface area contributed by atoms with Crippen molar-refractivity contribution in [1.29, 1.82) is 0 Å². The molecule has 5 amide bonds. The highest BCUT2D eigenvalue weighted by molar-refractivity contribution is 6.22. The van der Waals surface area contributed by atoms with Crippen molar-refractivity contribution in [2.24, 2.45) is 11.7 Å². The van der Waals surface area contributed by atoms with Crippen molar-refractivity contribution < 1.29 is 24.0 Å². The van der Waals surface area contributed by atoms with Gasteiger partial charge in [-0.25, -0.2) is 4.90 Å². The number of nitrogens with zero attached hydrogens (tertiary/aromatic N) is 2. The fourth-order valence-electron chi connectivity index (χ4n) is 5.04. The number of amides is 5. The highest BCUT2D eigenvalue weighted by atomic mass is 16.2. The smallest absolute Gasteiger partial charge is 0.250 e. The molecule has 0 aliphatic carbocycles. The molecule has 1 fully saturated rings. The van der Waals surface area contributed by atoms with E-state index < -0.39 is 29.4 Å². The Balaban J connectivity index is 1.69. The lowest BCUT2D eigenvalue weighted by Gasteiger charge is -2.37. The topological polar surface area (TPSA) is 142 Å². The molecule has 0 spiro atoms. The zero-order valence-corrected chi connectivity index (χ0v) is 23.4. The number of nitrogens with one attached hydrogen (secondary N) is 2. The second kappa shape index (κ2) is 11.6. The minimum absolute atomic E-state index is 0.0902. The van der Waals surface area contributed by atoms with E-state index in [9.17, 15) is 24.0 Å². The molecule has 1 unspecified atom stereocenters. The number of carbonyl (C=O) groups is 5. The third kappa shape index (κ3) is 6.22. The number of hydrogen-bond donors (Lipinski definition) is 3. The molecule has 1 saturated heterocycles. The molecule has 4 N–H and O–H groups in total. The van der Waals surface area contributed by atoms with E-state index >= 15 is 0 Å². The third-order valence-electron chi connectivity index (χ3n) is 7.06. The molecule has 2 aromatic rings. The van der Waals surface area contributed by atoms with Crippen LogP contribution in [-0.2, 0) is 36.9 Å². The maximum atomic E-state index is 14.0. The van der Waals surface area contributed by atoms with Crippen LogP contribution in [0.15, 0.2) is 48.5 Å². The van der Waals surface area contributed by atoms with E-state index in [1.807, 2.05) is 50.2 Å². The summed E-state index contributed by atoms with van der Waals surface area (Å²) < 4.78 is 0. The minimum Gasteiger partial charge on any atom is -0.343 e. The normalized spacial score (nSPS) is 18.1. The van der Waals surface area contributed by atoms with E-state index in [-0.39, 0.29) is 49.4 Å². The molecule has 4 rings (SSSR count). The lowest BCUT2D eigenvalue weighted by atomic mass is 9.94. The fourth-order valence-corrected chi connectivity index (χ4v) is 5.04. The largest absolute Gasteiger partial charge is 0.343 e. The van der Waals surface area contributed by atoms with Crippen LogP contribution in [0.2, 0.25) is 0 Å². The minimum atomic E-state index is -1.18. The lowest BCUT2D eigenvalue weighted by Crippen LogP contribution is -2.59. The van der Waals surface area contributed by atoms with E-state index in [2.05, 4.69) is 10.6 Å². The standard InChI is InChI=1S/C30H37N5O5/c1-18(2)15-21(33-29(40)30(3,4)31)27(38)32-22-16-20-11-8-12-23(35-24(36)13-14-25(35)37)26(20)34(28(22)39)17-19-9-6-5-7-10-19/h5-12,18,21-22H,13-17,31H2,1-4H3,(H,32,38)(H,33,40)/t21-,22?/m1/s1. The van der Waals surface area contributed by atoms with E-state index in [1.54, 1.807) is 26.0 Å². The lowest BCUT2D eigenvalue weighted by molar-refractivity contribution is -0.133. The van der Waals surface area contributed by atoms with Crippen LogP contribution < -0.4 is 26.2 Å². The first-order valence-corrected chi connectivity index (χ1v) is 13.6. The van der Waals surface area contributed by atoms with Crippen molar-refractivity contribution in [2.45, 2.75) is 77.5 Å². The first kappa shape index (κ1) is 28.9. The number of anilines is 2. The summed E-state index contributed by atoms with van der Waals surface area (Å²) in [6.45, 7) is 7.17. The Morgan fingerprint density at radius 3 is 2.25 bits per heavy atom. The maximum absolute atomic E-state index is 14.0. The Labute approximate surface area is 234 Å². The molecule has 10 nitrogen and oxygen atoms in total. The van der Waals surface area contributed by atoms with Gasteiger partial charge in [-0.05, 0) is 43.4 Å².